The normalized spacial score (nSPS) is 21.7. The third kappa shape index (κ3) is 5.37. The average Bonchev–Trinajstić information content (AvgIpc) is 3.15. The van der Waals surface area contributed by atoms with Crippen LogP contribution in [-0.2, 0) is 11.3 Å². The smallest absolute Gasteiger partial charge is 0.290 e. The summed E-state index contributed by atoms with van der Waals surface area (Å²) in [6.45, 7) is 0.813. The number of amides is 2. The molecule has 4 N–H and O–H groups in total. The van der Waals surface area contributed by atoms with Gasteiger partial charge in [-0.3, -0.25) is 14.9 Å². The number of hydrogen-bond donors (Lipinski definition) is 4. The number of rotatable bonds is 6. The van der Waals surface area contributed by atoms with Gasteiger partial charge in [-0.25, -0.2) is 9.97 Å². The first-order valence-corrected chi connectivity index (χ1v) is 12.1. The predicted octanol–water partition coefficient (Wildman–Crippen LogP) is 4.17. The van der Waals surface area contributed by atoms with Gasteiger partial charge in [0.1, 0.15) is 5.75 Å². The van der Waals surface area contributed by atoms with Crippen molar-refractivity contribution in [2.24, 2.45) is 0 Å². The standard InChI is InChI=1S/C25H25N5O3S/c31-21-8-3-16-11-15(1-2-17(16)12-21)14-27-18-4-6-19(7-5-18)28-24-26-10-9-20(29-24)13-22-23(32)30-25(33)34-22/h1-3,8-13,18-19,27,31H,4-7,14H2,(H,26,28,29)(H,30,32,33)/b22-13-. The van der Waals surface area contributed by atoms with Gasteiger partial charge < -0.3 is 15.7 Å². The maximum Gasteiger partial charge on any atom is 0.290 e. The minimum Gasteiger partial charge on any atom is -0.508 e. The number of thioether (sulfide) groups is 1. The van der Waals surface area contributed by atoms with Gasteiger partial charge in [-0.2, -0.15) is 0 Å². The first kappa shape index (κ1) is 22.4. The van der Waals surface area contributed by atoms with Crippen LogP contribution in [0.4, 0.5) is 10.7 Å². The zero-order valence-electron chi connectivity index (χ0n) is 18.5. The molecule has 2 fully saturated rings. The van der Waals surface area contributed by atoms with E-state index in [2.05, 4.69) is 38.1 Å². The Morgan fingerprint density at radius 2 is 1.79 bits per heavy atom. The van der Waals surface area contributed by atoms with Crippen molar-refractivity contribution in [3.8, 4) is 5.75 Å². The summed E-state index contributed by atoms with van der Waals surface area (Å²) in [6, 6.07) is 14.2. The van der Waals surface area contributed by atoms with Gasteiger partial charge in [0, 0.05) is 24.8 Å². The third-order valence-electron chi connectivity index (χ3n) is 6.14. The van der Waals surface area contributed by atoms with Gasteiger partial charge in [0.05, 0.1) is 10.6 Å². The number of imide groups is 1. The van der Waals surface area contributed by atoms with E-state index in [-0.39, 0.29) is 11.0 Å². The number of phenols is 1. The van der Waals surface area contributed by atoms with Crippen LogP contribution in [-0.4, -0.2) is 38.3 Å². The number of aromatic hydroxyl groups is 1. The molecule has 8 nitrogen and oxygen atoms in total. The summed E-state index contributed by atoms with van der Waals surface area (Å²) in [6.07, 6.45) is 7.39. The van der Waals surface area contributed by atoms with Crippen LogP contribution in [0, 0.1) is 0 Å². The lowest BCUT2D eigenvalue weighted by atomic mass is 9.91. The fourth-order valence-corrected chi connectivity index (χ4v) is 5.02. The van der Waals surface area contributed by atoms with Crippen LogP contribution >= 0.6 is 11.8 Å². The van der Waals surface area contributed by atoms with Crippen LogP contribution in [0.3, 0.4) is 0 Å². The Morgan fingerprint density at radius 3 is 2.59 bits per heavy atom. The van der Waals surface area contributed by atoms with E-state index in [9.17, 15) is 14.7 Å². The second-order valence-electron chi connectivity index (χ2n) is 8.60. The lowest BCUT2D eigenvalue weighted by Gasteiger charge is -2.30. The highest BCUT2D eigenvalue weighted by molar-refractivity contribution is 8.18. The quantitative estimate of drug-likeness (QED) is 0.393. The molecular formula is C25H25N5O3S. The second kappa shape index (κ2) is 9.82. The van der Waals surface area contributed by atoms with Crippen LogP contribution < -0.4 is 16.0 Å². The molecule has 9 heteroatoms. The number of carbonyl (C=O) groups is 2. The largest absolute Gasteiger partial charge is 0.508 e. The summed E-state index contributed by atoms with van der Waals surface area (Å²) in [5, 5.41) is 20.7. The Kier molecular flexibility index (Phi) is 6.46. The molecule has 1 aromatic heterocycles. The van der Waals surface area contributed by atoms with Gasteiger partial charge in [0.15, 0.2) is 0 Å². The Labute approximate surface area is 201 Å². The molecule has 1 saturated carbocycles. The lowest BCUT2D eigenvalue weighted by Crippen LogP contribution is -2.36. The Morgan fingerprint density at radius 1 is 1.03 bits per heavy atom. The number of carbonyl (C=O) groups excluding carboxylic acids is 2. The van der Waals surface area contributed by atoms with E-state index < -0.39 is 5.91 Å². The molecule has 2 aliphatic rings. The van der Waals surface area contributed by atoms with Crippen LogP contribution in [0.25, 0.3) is 16.8 Å². The average molecular weight is 476 g/mol. The second-order valence-corrected chi connectivity index (χ2v) is 9.61. The Balaban J connectivity index is 1.12. The van der Waals surface area contributed by atoms with E-state index in [1.807, 2.05) is 12.1 Å². The first-order valence-electron chi connectivity index (χ1n) is 11.3. The van der Waals surface area contributed by atoms with Crippen LogP contribution in [0.5, 0.6) is 5.75 Å². The van der Waals surface area contributed by atoms with Crippen molar-refractivity contribution < 1.29 is 14.7 Å². The predicted molar refractivity (Wildman–Crippen MR) is 133 cm³/mol. The number of phenolic OH excluding ortho intramolecular Hbond substituents is 1. The van der Waals surface area contributed by atoms with Crippen LogP contribution in [0.15, 0.2) is 53.6 Å². The van der Waals surface area contributed by atoms with E-state index in [0.29, 0.717) is 28.6 Å². The molecule has 2 amide bonds. The van der Waals surface area contributed by atoms with E-state index in [1.54, 1.807) is 30.5 Å². The minimum atomic E-state index is -0.392. The molecule has 0 atom stereocenters. The van der Waals surface area contributed by atoms with Gasteiger partial charge in [0.25, 0.3) is 11.1 Å². The third-order valence-corrected chi connectivity index (χ3v) is 6.95. The Hall–Kier alpha value is -3.43. The van der Waals surface area contributed by atoms with Gasteiger partial charge in [-0.05, 0) is 84.1 Å². The summed E-state index contributed by atoms with van der Waals surface area (Å²) >= 11 is 0.878. The van der Waals surface area contributed by atoms with Crippen molar-refractivity contribution >= 4 is 45.7 Å². The molecule has 0 spiro atoms. The molecule has 34 heavy (non-hydrogen) atoms. The van der Waals surface area contributed by atoms with Gasteiger partial charge in [0.2, 0.25) is 5.95 Å². The molecule has 0 unspecified atom stereocenters. The van der Waals surface area contributed by atoms with Crippen molar-refractivity contribution in [2.45, 2.75) is 44.3 Å². The van der Waals surface area contributed by atoms with E-state index in [0.717, 1.165) is 54.8 Å². The highest BCUT2D eigenvalue weighted by atomic mass is 32.2. The number of hydrogen-bond acceptors (Lipinski definition) is 8. The van der Waals surface area contributed by atoms with Crippen molar-refractivity contribution in [2.75, 3.05) is 5.32 Å². The van der Waals surface area contributed by atoms with Gasteiger partial charge >= 0.3 is 0 Å². The maximum atomic E-state index is 11.7. The van der Waals surface area contributed by atoms with Crippen molar-refractivity contribution in [3.63, 3.8) is 0 Å². The fourth-order valence-electron chi connectivity index (χ4n) is 4.36. The van der Waals surface area contributed by atoms with Gasteiger partial charge in [-0.1, -0.05) is 18.2 Å². The molecule has 2 heterocycles. The topological polar surface area (TPSA) is 116 Å². The number of nitrogens with one attached hydrogen (secondary N) is 3. The molecule has 3 aromatic rings. The molecule has 174 valence electrons. The number of benzene rings is 2. The summed E-state index contributed by atoms with van der Waals surface area (Å²) in [5.41, 5.74) is 1.82. The highest BCUT2D eigenvalue weighted by Crippen LogP contribution is 2.26. The molecule has 0 bridgehead atoms. The molecule has 1 aliphatic heterocycles. The fraction of sp³-hybridized carbons (Fsp3) is 0.280. The summed E-state index contributed by atoms with van der Waals surface area (Å²) in [4.78, 5) is 32.2. The summed E-state index contributed by atoms with van der Waals surface area (Å²) in [7, 11) is 0. The van der Waals surface area contributed by atoms with Crippen LogP contribution in [0.2, 0.25) is 0 Å². The maximum absolute atomic E-state index is 11.7. The van der Waals surface area contributed by atoms with E-state index >= 15 is 0 Å². The summed E-state index contributed by atoms with van der Waals surface area (Å²) < 4.78 is 0. The van der Waals surface area contributed by atoms with Crippen molar-refractivity contribution in [3.05, 3.63) is 64.8 Å². The molecular weight excluding hydrogens is 450 g/mol. The highest BCUT2D eigenvalue weighted by Gasteiger charge is 2.25. The molecule has 2 aromatic carbocycles. The van der Waals surface area contributed by atoms with Crippen LogP contribution in [0.1, 0.15) is 36.9 Å². The number of fused-ring (bicyclic) bond motifs is 1. The molecule has 1 aliphatic carbocycles. The zero-order valence-corrected chi connectivity index (χ0v) is 19.3. The number of nitrogens with zero attached hydrogens (tertiary/aromatic N) is 2. The molecule has 0 radical (unpaired) electrons. The minimum absolute atomic E-state index is 0.287. The SMILES string of the molecule is O=C1NC(=O)/C(=C/c2ccnc(NC3CCC(NCc4ccc5cc(O)ccc5c4)CC3)n2)S1. The lowest BCUT2D eigenvalue weighted by molar-refractivity contribution is -0.115. The first-order chi connectivity index (χ1) is 16.5. The van der Waals surface area contributed by atoms with Crippen molar-refractivity contribution in [1.29, 1.82) is 0 Å². The number of anilines is 1. The van der Waals surface area contributed by atoms with Gasteiger partial charge in [-0.15, -0.1) is 0 Å². The molecule has 1 saturated heterocycles. The Bertz CT molecular complexity index is 1270. The van der Waals surface area contributed by atoms with Crippen molar-refractivity contribution in [1.82, 2.24) is 20.6 Å². The monoisotopic (exact) mass is 475 g/mol. The number of aromatic nitrogens is 2. The van der Waals surface area contributed by atoms with E-state index in [4.69, 9.17) is 0 Å². The molecule has 5 rings (SSSR count). The summed E-state index contributed by atoms with van der Waals surface area (Å²) in [5.74, 6) is 0.425. The zero-order chi connectivity index (χ0) is 23.5. The van der Waals surface area contributed by atoms with E-state index in [1.165, 1.54) is 5.56 Å².